The molecule has 78 valence electrons. The van der Waals surface area contributed by atoms with Gasteiger partial charge in [-0.2, -0.15) is 4.98 Å². The first-order chi connectivity index (χ1) is 7.29. The highest BCUT2D eigenvalue weighted by atomic mass is 19.1. The molecule has 15 heavy (non-hydrogen) atoms. The predicted molar refractivity (Wildman–Crippen MR) is 50.9 cm³/mol. The number of hydrogen-bond donors (Lipinski definition) is 1. The summed E-state index contributed by atoms with van der Waals surface area (Å²) in [6.07, 6.45) is 1.36. The zero-order chi connectivity index (χ0) is 10.7. The summed E-state index contributed by atoms with van der Waals surface area (Å²) in [6, 6.07) is 6.01. The lowest BCUT2D eigenvalue weighted by atomic mass is 10.3. The second kappa shape index (κ2) is 4.10. The second-order valence-corrected chi connectivity index (χ2v) is 2.84. The summed E-state index contributed by atoms with van der Waals surface area (Å²) in [7, 11) is 0. The van der Waals surface area contributed by atoms with Gasteiger partial charge in [0.15, 0.2) is 11.6 Å². The van der Waals surface area contributed by atoms with E-state index in [-0.39, 0.29) is 18.4 Å². The number of rotatable bonds is 3. The van der Waals surface area contributed by atoms with Crippen molar-refractivity contribution in [3.8, 4) is 11.8 Å². The SMILES string of the molecule is NCc1coc(Oc2ccccc2F)n1. The quantitative estimate of drug-likeness (QED) is 0.838. The minimum absolute atomic E-state index is 0.0134. The minimum Gasteiger partial charge on any atom is -0.417 e. The number of ether oxygens (including phenoxy) is 1. The van der Waals surface area contributed by atoms with Crippen molar-refractivity contribution in [3.05, 3.63) is 42.0 Å². The van der Waals surface area contributed by atoms with Gasteiger partial charge in [0, 0.05) is 6.54 Å². The molecule has 2 N–H and O–H groups in total. The Morgan fingerprint density at radius 2 is 2.20 bits per heavy atom. The van der Waals surface area contributed by atoms with Crippen LogP contribution >= 0.6 is 0 Å². The molecule has 0 bridgehead atoms. The van der Waals surface area contributed by atoms with E-state index in [4.69, 9.17) is 14.9 Å². The molecule has 0 aliphatic rings. The molecule has 0 spiro atoms. The van der Waals surface area contributed by atoms with E-state index < -0.39 is 5.82 Å². The van der Waals surface area contributed by atoms with Crippen molar-refractivity contribution in [2.75, 3.05) is 0 Å². The van der Waals surface area contributed by atoms with Crippen LogP contribution in [-0.4, -0.2) is 4.98 Å². The summed E-state index contributed by atoms with van der Waals surface area (Å²) in [5.41, 5.74) is 5.89. The number of nitrogens with two attached hydrogens (primary N) is 1. The van der Waals surface area contributed by atoms with Gasteiger partial charge in [-0.05, 0) is 12.1 Å². The first-order valence-electron chi connectivity index (χ1n) is 4.36. The van der Waals surface area contributed by atoms with E-state index in [0.717, 1.165) is 0 Å². The van der Waals surface area contributed by atoms with Crippen LogP contribution in [0.4, 0.5) is 4.39 Å². The molecule has 0 fully saturated rings. The largest absolute Gasteiger partial charge is 0.417 e. The van der Waals surface area contributed by atoms with Gasteiger partial charge in [0.2, 0.25) is 0 Å². The fourth-order valence-corrected chi connectivity index (χ4v) is 1.05. The third kappa shape index (κ3) is 2.13. The molecule has 0 unspecified atom stereocenters. The van der Waals surface area contributed by atoms with Gasteiger partial charge in [-0.3, -0.25) is 0 Å². The number of para-hydroxylation sites is 1. The van der Waals surface area contributed by atoms with Crippen LogP contribution in [0.5, 0.6) is 11.8 Å². The first-order valence-corrected chi connectivity index (χ1v) is 4.36. The van der Waals surface area contributed by atoms with Gasteiger partial charge in [-0.25, -0.2) is 4.39 Å². The van der Waals surface area contributed by atoms with Crippen LogP contribution in [0.15, 0.2) is 34.9 Å². The third-order valence-corrected chi connectivity index (χ3v) is 1.77. The summed E-state index contributed by atoms with van der Waals surface area (Å²) in [4.78, 5) is 3.88. The van der Waals surface area contributed by atoms with Crippen molar-refractivity contribution >= 4 is 0 Å². The lowest BCUT2D eigenvalue weighted by molar-refractivity contribution is 0.318. The maximum Gasteiger partial charge on any atom is 0.399 e. The fourth-order valence-electron chi connectivity index (χ4n) is 1.05. The molecule has 0 amide bonds. The Bertz CT molecular complexity index is 456. The highest BCUT2D eigenvalue weighted by Gasteiger charge is 2.08. The molecule has 0 saturated carbocycles. The number of halogens is 1. The van der Waals surface area contributed by atoms with Crippen LogP contribution < -0.4 is 10.5 Å². The Morgan fingerprint density at radius 3 is 2.87 bits per heavy atom. The fraction of sp³-hybridized carbons (Fsp3) is 0.100. The van der Waals surface area contributed by atoms with Crippen molar-refractivity contribution < 1.29 is 13.5 Å². The molecular weight excluding hydrogens is 199 g/mol. The van der Waals surface area contributed by atoms with Crippen molar-refractivity contribution in [2.24, 2.45) is 5.73 Å². The maximum atomic E-state index is 13.1. The Morgan fingerprint density at radius 1 is 1.40 bits per heavy atom. The van der Waals surface area contributed by atoms with Crippen LogP contribution in [0.1, 0.15) is 5.69 Å². The van der Waals surface area contributed by atoms with Crippen molar-refractivity contribution in [2.45, 2.75) is 6.54 Å². The lowest BCUT2D eigenvalue weighted by Crippen LogP contribution is -1.96. The van der Waals surface area contributed by atoms with Crippen molar-refractivity contribution in [1.29, 1.82) is 0 Å². The molecule has 0 aliphatic heterocycles. The molecule has 4 nitrogen and oxygen atoms in total. The molecule has 2 aromatic rings. The monoisotopic (exact) mass is 208 g/mol. The molecular formula is C10H9FN2O2. The van der Waals surface area contributed by atoms with Gasteiger partial charge in [0.1, 0.15) is 6.26 Å². The zero-order valence-corrected chi connectivity index (χ0v) is 7.81. The smallest absolute Gasteiger partial charge is 0.399 e. The normalized spacial score (nSPS) is 10.3. The number of oxazole rings is 1. The van der Waals surface area contributed by atoms with Crippen LogP contribution in [0.25, 0.3) is 0 Å². The van der Waals surface area contributed by atoms with Crippen LogP contribution in [0.3, 0.4) is 0 Å². The summed E-state index contributed by atoms with van der Waals surface area (Å²) in [5, 5.41) is 0. The highest BCUT2D eigenvalue weighted by molar-refractivity contribution is 5.26. The molecule has 0 aliphatic carbocycles. The standard InChI is InChI=1S/C10H9FN2O2/c11-8-3-1-2-4-9(8)15-10-13-7(5-12)6-14-10/h1-4,6H,5,12H2. The summed E-state index contributed by atoms with van der Waals surface area (Å²) in [5.74, 6) is -0.395. The maximum absolute atomic E-state index is 13.1. The van der Waals surface area contributed by atoms with Crippen molar-refractivity contribution in [3.63, 3.8) is 0 Å². The van der Waals surface area contributed by atoms with Crippen LogP contribution in [0, 0.1) is 5.82 Å². The molecule has 1 aromatic carbocycles. The van der Waals surface area contributed by atoms with E-state index in [9.17, 15) is 4.39 Å². The Labute approximate surface area is 85.5 Å². The van der Waals surface area contributed by atoms with Gasteiger partial charge < -0.3 is 14.9 Å². The Balaban J connectivity index is 2.18. The topological polar surface area (TPSA) is 61.3 Å². The average Bonchev–Trinajstić information content (AvgIpc) is 2.69. The molecule has 1 aromatic heterocycles. The van der Waals surface area contributed by atoms with Gasteiger partial charge in [0.05, 0.1) is 5.69 Å². The van der Waals surface area contributed by atoms with Gasteiger partial charge in [-0.15, -0.1) is 0 Å². The third-order valence-electron chi connectivity index (χ3n) is 1.77. The summed E-state index contributed by atoms with van der Waals surface area (Å²) < 4.78 is 23.2. The second-order valence-electron chi connectivity index (χ2n) is 2.84. The van der Waals surface area contributed by atoms with E-state index in [1.54, 1.807) is 12.1 Å². The summed E-state index contributed by atoms with van der Waals surface area (Å²) >= 11 is 0. The van der Waals surface area contributed by atoms with E-state index >= 15 is 0 Å². The van der Waals surface area contributed by atoms with Gasteiger partial charge >= 0.3 is 6.08 Å². The van der Waals surface area contributed by atoms with E-state index in [2.05, 4.69) is 4.98 Å². The molecule has 2 rings (SSSR count). The number of benzene rings is 1. The highest BCUT2D eigenvalue weighted by Crippen LogP contribution is 2.22. The Kier molecular flexibility index (Phi) is 2.64. The first kappa shape index (κ1) is 9.67. The molecule has 0 radical (unpaired) electrons. The Hall–Kier alpha value is -1.88. The van der Waals surface area contributed by atoms with E-state index in [0.29, 0.717) is 5.69 Å². The zero-order valence-electron chi connectivity index (χ0n) is 7.81. The molecule has 1 heterocycles. The predicted octanol–water partition coefficient (Wildman–Crippen LogP) is 2.06. The number of nitrogens with zero attached hydrogens (tertiary/aromatic N) is 1. The molecule has 5 heteroatoms. The molecule has 0 saturated heterocycles. The van der Waals surface area contributed by atoms with Crippen LogP contribution in [-0.2, 0) is 6.54 Å². The minimum atomic E-state index is -0.468. The summed E-state index contributed by atoms with van der Waals surface area (Å²) in [6.45, 7) is 0.254. The lowest BCUT2D eigenvalue weighted by Gasteiger charge is -2.00. The van der Waals surface area contributed by atoms with E-state index in [1.165, 1.54) is 18.4 Å². The number of aromatic nitrogens is 1. The van der Waals surface area contributed by atoms with Crippen LogP contribution in [0.2, 0.25) is 0 Å². The number of hydrogen-bond acceptors (Lipinski definition) is 4. The van der Waals surface area contributed by atoms with Gasteiger partial charge in [-0.1, -0.05) is 12.1 Å². The van der Waals surface area contributed by atoms with Gasteiger partial charge in [0.25, 0.3) is 0 Å². The molecule has 0 atom stereocenters. The average molecular weight is 208 g/mol. The van der Waals surface area contributed by atoms with Crippen molar-refractivity contribution in [1.82, 2.24) is 4.98 Å². The van der Waals surface area contributed by atoms with E-state index in [1.807, 2.05) is 0 Å².